The van der Waals surface area contributed by atoms with Gasteiger partial charge in [-0.1, -0.05) is 72.1 Å². The standard InChI is InChI=1S/C23H41NO/c1-5-8-11-12-13-14-17-22(25-4)23-21(16-10-7-3)20(15-9-6-2)18-19-24-23/h18-19,22H,5-17H2,1-4H3. The number of pyridine rings is 1. The fourth-order valence-electron chi connectivity index (χ4n) is 3.55. The minimum atomic E-state index is 0.166. The van der Waals surface area contributed by atoms with Crippen LogP contribution in [0.1, 0.15) is 114 Å². The van der Waals surface area contributed by atoms with Crippen LogP contribution in [-0.4, -0.2) is 12.1 Å². The zero-order valence-electron chi connectivity index (χ0n) is 17.3. The predicted molar refractivity (Wildman–Crippen MR) is 109 cm³/mol. The van der Waals surface area contributed by atoms with Gasteiger partial charge in [-0.15, -0.1) is 0 Å². The lowest BCUT2D eigenvalue weighted by Gasteiger charge is -2.21. The van der Waals surface area contributed by atoms with Crippen molar-refractivity contribution >= 4 is 0 Å². The van der Waals surface area contributed by atoms with E-state index in [4.69, 9.17) is 9.72 Å². The summed E-state index contributed by atoms with van der Waals surface area (Å²) in [6.45, 7) is 6.81. The van der Waals surface area contributed by atoms with E-state index in [1.54, 1.807) is 0 Å². The van der Waals surface area contributed by atoms with Crippen LogP contribution in [0.3, 0.4) is 0 Å². The van der Waals surface area contributed by atoms with Gasteiger partial charge in [-0.2, -0.15) is 0 Å². The molecule has 0 spiro atoms. The summed E-state index contributed by atoms with van der Waals surface area (Å²) in [5.41, 5.74) is 4.21. The van der Waals surface area contributed by atoms with E-state index in [0.29, 0.717) is 0 Å². The molecule has 0 saturated heterocycles. The summed E-state index contributed by atoms with van der Waals surface area (Å²) in [4.78, 5) is 4.77. The van der Waals surface area contributed by atoms with Gasteiger partial charge < -0.3 is 4.74 Å². The minimum Gasteiger partial charge on any atom is -0.375 e. The van der Waals surface area contributed by atoms with Crippen molar-refractivity contribution in [1.29, 1.82) is 0 Å². The van der Waals surface area contributed by atoms with Crippen molar-refractivity contribution in [3.05, 3.63) is 29.1 Å². The second-order valence-electron chi connectivity index (χ2n) is 7.32. The molecule has 25 heavy (non-hydrogen) atoms. The molecular formula is C23H41NO. The molecule has 1 rings (SSSR count). The third-order valence-corrected chi connectivity index (χ3v) is 5.18. The van der Waals surface area contributed by atoms with Gasteiger partial charge in [0.05, 0.1) is 11.8 Å². The van der Waals surface area contributed by atoms with Crippen LogP contribution in [0.15, 0.2) is 12.3 Å². The molecule has 0 radical (unpaired) electrons. The highest BCUT2D eigenvalue weighted by atomic mass is 16.5. The first-order chi connectivity index (χ1) is 12.3. The van der Waals surface area contributed by atoms with Crippen molar-refractivity contribution in [3.63, 3.8) is 0 Å². The number of rotatable bonds is 15. The molecular weight excluding hydrogens is 306 g/mol. The molecule has 0 bridgehead atoms. The molecule has 0 aliphatic rings. The molecule has 0 N–H and O–H groups in total. The van der Waals surface area contributed by atoms with E-state index in [1.807, 2.05) is 13.3 Å². The second-order valence-corrected chi connectivity index (χ2v) is 7.32. The predicted octanol–water partition coefficient (Wildman–Crippen LogP) is 7.20. The highest BCUT2D eigenvalue weighted by molar-refractivity contribution is 5.32. The summed E-state index contributed by atoms with van der Waals surface area (Å²) in [7, 11) is 1.85. The van der Waals surface area contributed by atoms with Crippen LogP contribution in [-0.2, 0) is 17.6 Å². The van der Waals surface area contributed by atoms with Crippen LogP contribution in [0, 0.1) is 0 Å². The highest BCUT2D eigenvalue weighted by Crippen LogP contribution is 2.28. The number of hydrogen-bond acceptors (Lipinski definition) is 2. The number of ether oxygens (including phenoxy) is 1. The number of unbranched alkanes of at least 4 members (excludes halogenated alkanes) is 7. The molecule has 144 valence electrons. The van der Waals surface area contributed by atoms with Gasteiger partial charge in [-0.05, 0) is 49.3 Å². The summed E-state index contributed by atoms with van der Waals surface area (Å²) in [5.74, 6) is 0. The zero-order valence-corrected chi connectivity index (χ0v) is 17.3. The van der Waals surface area contributed by atoms with Gasteiger partial charge in [0.15, 0.2) is 0 Å². The van der Waals surface area contributed by atoms with Crippen LogP contribution in [0.25, 0.3) is 0 Å². The fourth-order valence-corrected chi connectivity index (χ4v) is 3.55. The quantitative estimate of drug-likeness (QED) is 0.313. The highest BCUT2D eigenvalue weighted by Gasteiger charge is 2.18. The first-order valence-corrected chi connectivity index (χ1v) is 10.8. The van der Waals surface area contributed by atoms with Crippen LogP contribution >= 0.6 is 0 Å². The topological polar surface area (TPSA) is 22.1 Å². The SMILES string of the molecule is CCCCCCCCC(OC)c1nccc(CCCC)c1CCCC. The number of aryl methyl sites for hydroxylation is 1. The third kappa shape index (κ3) is 8.35. The number of aromatic nitrogens is 1. The Labute approximate surface area is 156 Å². The molecule has 0 amide bonds. The summed E-state index contributed by atoms with van der Waals surface area (Å²) in [6.07, 6.45) is 18.6. The van der Waals surface area contributed by atoms with Crippen molar-refractivity contribution in [2.24, 2.45) is 0 Å². The minimum absolute atomic E-state index is 0.166. The molecule has 0 aromatic carbocycles. The molecule has 1 atom stereocenters. The summed E-state index contributed by atoms with van der Waals surface area (Å²) in [6, 6.07) is 2.24. The number of methoxy groups -OCH3 is 1. The molecule has 2 heteroatoms. The van der Waals surface area contributed by atoms with E-state index in [1.165, 1.54) is 87.4 Å². The Balaban J connectivity index is 2.75. The van der Waals surface area contributed by atoms with Crippen molar-refractivity contribution in [2.45, 2.75) is 110 Å². The van der Waals surface area contributed by atoms with Crippen LogP contribution in [0.2, 0.25) is 0 Å². The Morgan fingerprint density at radius 3 is 2.16 bits per heavy atom. The van der Waals surface area contributed by atoms with E-state index < -0.39 is 0 Å². The van der Waals surface area contributed by atoms with Crippen molar-refractivity contribution < 1.29 is 4.74 Å². The molecule has 0 aliphatic heterocycles. The molecule has 1 heterocycles. The molecule has 0 fully saturated rings. The Hall–Kier alpha value is -0.890. The lowest BCUT2D eigenvalue weighted by Crippen LogP contribution is -2.11. The van der Waals surface area contributed by atoms with E-state index in [-0.39, 0.29) is 6.10 Å². The lowest BCUT2D eigenvalue weighted by atomic mass is 9.93. The number of nitrogens with zero attached hydrogens (tertiary/aromatic N) is 1. The smallest absolute Gasteiger partial charge is 0.0993 e. The van der Waals surface area contributed by atoms with Gasteiger partial charge in [0.25, 0.3) is 0 Å². The average molecular weight is 348 g/mol. The van der Waals surface area contributed by atoms with E-state index in [9.17, 15) is 0 Å². The van der Waals surface area contributed by atoms with Crippen LogP contribution < -0.4 is 0 Å². The molecule has 2 nitrogen and oxygen atoms in total. The van der Waals surface area contributed by atoms with Gasteiger partial charge >= 0.3 is 0 Å². The van der Waals surface area contributed by atoms with Crippen LogP contribution in [0.5, 0.6) is 0 Å². The largest absolute Gasteiger partial charge is 0.375 e. The molecule has 1 aromatic heterocycles. The van der Waals surface area contributed by atoms with E-state index in [0.717, 1.165) is 12.8 Å². The van der Waals surface area contributed by atoms with Gasteiger partial charge in [0, 0.05) is 13.3 Å². The third-order valence-electron chi connectivity index (χ3n) is 5.18. The van der Waals surface area contributed by atoms with Gasteiger partial charge in [0.2, 0.25) is 0 Å². The Morgan fingerprint density at radius 2 is 1.48 bits per heavy atom. The van der Waals surface area contributed by atoms with Crippen molar-refractivity contribution in [1.82, 2.24) is 4.98 Å². The van der Waals surface area contributed by atoms with E-state index >= 15 is 0 Å². The maximum Gasteiger partial charge on any atom is 0.0993 e. The first-order valence-electron chi connectivity index (χ1n) is 10.8. The zero-order chi connectivity index (χ0) is 18.3. The fraction of sp³-hybridized carbons (Fsp3) is 0.783. The second kappa shape index (κ2) is 14.3. The molecule has 1 aromatic rings. The van der Waals surface area contributed by atoms with Gasteiger partial charge in [0.1, 0.15) is 0 Å². The Kier molecular flexibility index (Phi) is 12.7. The normalized spacial score (nSPS) is 12.5. The molecule has 0 aliphatic carbocycles. The first kappa shape index (κ1) is 22.2. The Morgan fingerprint density at radius 1 is 0.840 bits per heavy atom. The van der Waals surface area contributed by atoms with E-state index in [2.05, 4.69) is 26.8 Å². The Bertz CT molecular complexity index is 444. The molecule has 1 unspecified atom stereocenters. The van der Waals surface area contributed by atoms with Gasteiger partial charge in [-0.3, -0.25) is 4.98 Å². The lowest BCUT2D eigenvalue weighted by molar-refractivity contribution is 0.0886. The average Bonchev–Trinajstić information content (AvgIpc) is 2.64. The van der Waals surface area contributed by atoms with Crippen molar-refractivity contribution in [3.8, 4) is 0 Å². The maximum absolute atomic E-state index is 5.88. The summed E-state index contributed by atoms with van der Waals surface area (Å²) in [5, 5.41) is 0. The summed E-state index contributed by atoms with van der Waals surface area (Å²) < 4.78 is 5.88. The number of hydrogen-bond donors (Lipinski definition) is 0. The van der Waals surface area contributed by atoms with Crippen LogP contribution in [0.4, 0.5) is 0 Å². The monoisotopic (exact) mass is 347 g/mol. The van der Waals surface area contributed by atoms with Crippen molar-refractivity contribution in [2.75, 3.05) is 7.11 Å². The maximum atomic E-state index is 5.88. The van der Waals surface area contributed by atoms with Gasteiger partial charge in [-0.25, -0.2) is 0 Å². The summed E-state index contributed by atoms with van der Waals surface area (Å²) >= 11 is 0. The molecule has 0 saturated carbocycles.